The van der Waals surface area contributed by atoms with Crippen molar-refractivity contribution in [3.8, 4) is 0 Å². The number of hydrogen-bond acceptors (Lipinski definition) is 2. The zero-order chi connectivity index (χ0) is 11.1. The molecule has 3 nitrogen and oxygen atoms in total. The summed E-state index contributed by atoms with van der Waals surface area (Å²) in [5, 5.41) is 4.41. The number of rotatable bonds is 4. The monoisotopic (exact) mass is 207 g/mol. The normalized spacial score (nSPS) is 20.3. The largest absolute Gasteiger partial charge is 0.325 e. The van der Waals surface area contributed by atoms with Crippen molar-refractivity contribution < 1.29 is 0 Å². The second kappa shape index (κ2) is 3.63. The first kappa shape index (κ1) is 10.7. The lowest BCUT2D eigenvalue weighted by Gasteiger charge is -2.19. The summed E-state index contributed by atoms with van der Waals surface area (Å²) in [6.45, 7) is 4.28. The third-order valence-corrected chi connectivity index (χ3v) is 3.49. The van der Waals surface area contributed by atoms with Gasteiger partial charge in [-0.15, -0.1) is 0 Å². The van der Waals surface area contributed by atoms with E-state index in [-0.39, 0.29) is 5.54 Å². The molecule has 1 fully saturated rings. The van der Waals surface area contributed by atoms with E-state index in [4.69, 9.17) is 5.73 Å². The van der Waals surface area contributed by atoms with Gasteiger partial charge in [0.05, 0.1) is 5.69 Å². The van der Waals surface area contributed by atoms with Crippen LogP contribution in [0.5, 0.6) is 0 Å². The van der Waals surface area contributed by atoms with Crippen LogP contribution in [0.15, 0.2) is 6.07 Å². The molecule has 1 unspecified atom stereocenters. The molecule has 84 valence electrons. The molecule has 1 aliphatic rings. The van der Waals surface area contributed by atoms with E-state index in [2.05, 4.69) is 18.1 Å². The van der Waals surface area contributed by atoms with E-state index >= 15 is 0 Å². The topological polar surface area (TPSA) is 43.8 Å². The van der Waals surface area contributed by atoms with E-state index in [1.165, 1.54) is 18.5 Å². The molecule has 1 aliphatic carbocycles. The van der Waals surface area contributed by atoms with Gasteiger partial charge in [0.15, 0.2) is 0 Å². The van der Waals surface area contributed by atoms with Gasteiger partial charge in [0, 0.05) is 24.2 Å². The highest BCUT2D eigenvalue weighted by atomic mass is 15.3. The molecule has 15 heavy (non-hydrogen) atoms. The minimum atomic E-state index is 0.138. The Bertz CT molecular complexity index is 350. The van der Waals surface area contributed by atoms with Crippen LogP contribution in [-0.4, -0.2) is 15.3 Å². The first-order valence-corrected chi connectivity index (χ1v) is 5.83. The molecule has 0 aliphatic heterocycles. The molecule has 0 spiro atoms. The zero-order valence-electron chi connectivity index (χ0n) is 9.95. The summed E-state index contributed by atoms with van der Waals surface area (Å²) < 4.78 is 2.01. The van der Waals surface area contributed by atoms with Crippen LogP contribution < -0.4 is 5.73 Å². The minimum absolute atomic E-state index is 0.138. The molecule has 3 heteroatoms. The maximum Gasteiger partial charge on any atom is 0.0596 e. The van der Waals surface area contributed by atoms with Crippen LogP contribution in [0.25, 0.3) is 0 Å². The maximum absolute atomic E-state index is 6.19. The molecule has 2 rings (SSSR count). The fraction of sp³-hybridized carbons (Fsp3) is 0.750. The van der Waals surface area contributed by atoms with Crippen molar-refractivity contribution >= 4 is 0 Å². The zero-order valence-corrected chi connectivity index (χ0v) is 9.95. The van der Waals surface area contributed by atoms with Gasteiger partial charge in [0.25, 0.3) is 0 Å². The molecule has 1 aromatic rings. The number of nitrogens with two attached hydrogens (primary N) is 1. The third kappa shape index (κ3) is 2.23. The number of hydrogen-bond donors (Lipinski definition) is 1. The molecule has 0 saturated heterocycles. The van der Waals surface area contributed by atoms with Gasteiger partial charge >= 0.3 is 0 Å². The van der Waals surface area contributed by atoms with Crippen LogP contribution in [-0.2, 0) is 7.05 Å². The second-order valence-corrected chi connectivity index (χ2v) is 5.01. The van der Waals surface area contributed by atoms with Gasteiger partial charge < -0.3 is 5.73 Å². The van der Waals surface area contributed by atoms with Gasteiger partial charge in [-0.25, -0.2) is 0 Å². The summed E-state index contributed by atoms with van der Waals surface area (Å²) in [6, 6.07) is 2.19. The number of aromatic nitrogens is 2. The molecule has 1 heterocycles. The molecule has 2 N–H and O–H groups in total. The minimum Gasteiger partial charge on any atom is -0.325 e. The number of aryl methyl sites for hydroxylation is 2. The standard InChI is InChI=1S/C12H21N3/c1-4-10(8-12(13)5-6-12)11-7-9(2)14-15(11)3/h7,10H,4-6,8,13H2,1-3H3. The summed E-state index contributed by atoms with van der Waals surface area (Å²) in [5.74, 6) is 0.573. The third-order valence-electron chi connectivity index (χ3n) is 3.49. The summed E-state index contributed by atoms with van der Waals surface area (Å²) >= 11 is 0. The lowest BCUT2D eigenvalue weighted by molar-refractivity contribution is 0.478. The Balaban J connectivity index is 2.15. The van der Waals surface area contributed by atoms with Gasteiger partial charge in [-0.1, -0.05) is 6.92 Å². The van der Waals surface area contributed by atoms with E-state index in [0.717, 1.165) is 18.5 Å². The quantitative estimate of drug-likeness (QED) is 0.821. The molecular formula is C12H21N3. The number of nitrogens with zero attached hydrogens (tertiary/aromatic N) is 2. The molecule has 0 aromatic carbocycles. The molecule has 0 amide bonds. The highest BCUT2D eigenvalue weighted by Crippen LogP contribution is 2.42. The lowest BCUT2D eigenvalue weighted by atomic mass is 9.93. The highest BCUT2D eigenvalue weighted by molar-refractivity contribution is 5.16. The predicted octanol–water partition coefficient (Wildman–Crippen LogP) is 2.10. The molecule has 1 aromatic heterocycles. The van der Waals surface area contributed by atoms with Gasteiger partial charge in [-0.05, 0) is 38.7 Å². The summed E-state index contributed by atoms with van der Waals surface area (Å²) in [4.78, 5) is 0. The van der Waals surface area contributed by atoms with Crippen molar-refractivity contribution in [1.82, 2.24) is 9.78 Å². The van der Waals surface area contributed by atoms with Gasteiger partial charge in [-0.2, -0.15) is 5.10 Å². The SMILES string of the molecule is CCC(CC1(N)CC1)c1cc(C)nn1C. The Morgan fingerprint density at radius 1 is 1.60 bits per heavy atom. The predicted molar refractivity (Wildman–Crippen MR) is 61.7 cm³/mol. The lowest BCUT2D eigenvalue weighted by Crippen LogP contribution is -2.25. The molecule has 1 atom stereocenters. The summed E-state index contributed by atoms with van der Waals surface area (Å²) in [7, 11) is 2.03. The van der Waals surface area contributed by atoms with Crippen LogP contribution in [0, 0.1) is 6.92 Å². The van der Waals surface area contributed by atoms with E-state index in [9.17, 15) is 0 Å². The van der Waals surface area contributed by atoms with E-state index in [1.54, 1.807) is 0 Å². The van der Waals surface area contributed by atoms with Crippen molar-refractivity contribution in [3.05, 3.63) is 17.5 Å². The Morgan fingerprint density at radius 3 is 2.67 bits per heavy atom. The molecule has 1 saturated carbocycles. The van der Waals surface area contributed by atoms with Crippen LogP contribution in [0.3, 0.4) is 0 Å². The smallest absolute Gasteiger partial charge is 0.0596 e. The van der Waals surface area contributed by atoms with Crippen molar-refractivity contribution in [2.24, 2.45) is 12.8 Å². The Kier molecular flexibility index (Phi) is 2.59. The fourth-order valence-corrected chi connectivity index (χ4v) is 2.33. The summed E-state index contributed by atoms with van der Waals surface area (Å²) in [5.41, 5.74) is 8.77. The average molecular weight is 207 g/mol. The average Bonchev–Trinajstić information content (AvgIpc) is 2.80. The molecule has 0 bridgehead atoms. The van der Waals surface area contributed by atoms with Crippen LogP contribution in [0.1, 0.15) is 49.9 Å². The van der Waals surface area contributed by atoms with Gasteiger partial charge in [-0.3, -0.25) is 4.68 Å². The van der Waals surface area contributed by atoms with E-state index in [0.29, 0.717) is 5.92 Å². The van der Waals surface area contributed by atoms with Gasteiger partial charge in [0.1, 0.15) is 0 Å². The Morgan fingerprint density at radius 2 is 2.27 bits per heavy atom. The van der Waals surface area contributed by atoms with Crippen LogP contribution in [0.4, 0.5) is 0 Å². The van der Waals surface area contributed by atoms with Crippen LogP contribution in [0.2, 0.25) is 0 Å². The Labute approximate surface area is 91.7 Å². The van der Waals surface area contributed by atoms with Crippen molar-refractivity contribution in [1.29, 1.82) is 0 Å². The van der Waals surface area contributed by atoms with E-state index < -0.39 is 0 Å². The summed E-state index contributed by atoms with van der Waals surface area (Å²) in [6.07, 6.45) is 4.65. The second-order valence-electron chi connectivity index (χ2n) is 5.01. The molecular weight excluding hydrogens is 186 g/mol. The first-order valence-electron chi connectivity index (χ1n) is 5.83. The molecule has 0 radical (unpaired) electrons. The Hall–Kier alpha value is -0.830. The fourth-order valence-electron chi connectivity index (χ4n) is 2.33. The van der Waals surface area contributed by atoms with E-state index in [1.807, 2.05) is 18.7 Å². The van der Waals surface area contributed by atoms with Crippen molar-refractivity contribution in [2.45, 2.75) is 51.0 Å². The first-order chi connectivity index (χ1) is 7.04. The van der Waals surface area contributed by atoms with Crippen LogP contribution >= 0.6 is 0 Å². The van der Waals surface area contributed by atoms with Crippen molar-refractivity contribution in [3.63, 3.8) is 0 Å². The highest BCUT2D eigenvalue weighted by Gasteiger charge is 2.40. The van der Waals surface area contributed by atoms with Gasteiger partial charge in [0.2, 0.25) is 0 Å². The van der Waals surface area contributed by atoms with Crippen molar-refractivity contribution in [2.75, 3.05) is 0 Å². The maximum atomic E-state index is 6.19.